The molecule has 3 aromatic heterocycles. The summed E-state index contributed by atoms with van der Waals surface area (Å²) in [6.07, 6.45) is 1.41. The van der Waals surface area contributed by atoms with Gasteiger partial charge in [-0.25, -0.2) is 14.8 Å². The molecule has 3 rings (SSSR count). The van der Waals surface area contributed by atoms with Crippen molar-refractivity contribution in [3.05, 3.63) is 40.0 Å². The van der Waals surface area contributed by atoms with Gasteiger partial charge in [-0.15, -0.1) is 11.3 Å². The van der Waals surface area contributed by atoms with Gasteiger partial charge < -0.3 is 14.5 Å². The molecule has 6 nitrogen and oxygen atoms in total. The Morgan fingerprint density at radius 1 is 1.45 bits per heavy atom. The minimum absolute atomic E-state index is 0.302. The predicted molar refractivity (Wildman–Crippen MR) is 84.1 cm³/mol. The van der Waals surface area contributed by atoms with E-state index in [9.17, 15) is 4.79 Å². The molecular formula is C15H15N3O3S. The largest absolute Gasteiger partial charge is 0.462 e. The zero-order chi connectivity index (χ0) is 15.5. The molecule has 0 saturated carbocycles. The first-order valence-corrected chi connectivity index (χ1v) is 7.76. The third kappa shape index (κ3) is 2.67. The van der Waals surface area contributed by atoms with Crippen LogP contribution < -0.4 is 5.32 Å². The highest BCUT2D eigenvalue weighted by atomic mass is 32.1. The second kappa shape index (κ2) is 6.15. The molecule has 3 heterocycles. The van der Waals surface area contributed by atoms with E-state index in [1.165, 1.54) is 11.2 Å². The number of anilines is 1. The second-order valence-electron chi connectivity index (χ2n) is 4.59. The minimum Gasteiger partial charge on any atom is -0.462 e. The van der Waals surface area contributed by atoms with E-state index in [4.69, 9.17) is 9.15 Å². The Bertz CT molecular complexity index is 796. The van der Waals surface area contributed by atoms with Gasteiger partial charge in [0.15, 0.2) is 0 Å². The van der Waals surface area contributed by atoms with Crippen LogP contribution in [0.1, 0.15) is 27.9 Å². The molecule has 22 heavy (non-hydrogen) atoms. The quantitative estimate of drug-likeness (QED) is 0.727. The zero-order valence-electron chi connectivity index (χ0n) is 12.3. The summed E-state index contributed by atoms with van der Waals surface area (Å²) in [6.45, 7) is 4.41. The first kappa shape index (κ1) is 14.5. The number of thiophene rings is 1. The third-order valence-corrected chi connectivity index (χ3v) is 4.03. The molecule has 0 aliphatic heterocycles. The number of fused-ring (bicyclic) bond motifs is 1. The number of ether oxygens (including phenoxy) is 1. The highest BCUT2D eigenvalue weighted by Gasteiger charge is 2.23. The molecule has 0 spiro atoms. The lowest BCUT2D eigenvalue weighted by Gasteiger charge is -2.06. The second-order valence-corrected chi connectivity index (χ2v) is 5.62. The third-order valence-electron chi connectivity index (χ3n) is 3.15. The van der Waals surface area contributed by atoms with E-state index in [0.717, 1.165) is 0 Å². The van der Waals surface area contributed by atoms with Crippen molar-refractivity contribution >= 4 is 34.2 Å². The van der Waals surface area contributed by atoms with Crippen LogP contribution in [0.15, 0.2) is 28.3 Å². The molecule has 0 aromatic carbocycles. The molecule has 0 saturated heterocycles. The molecule has 0 unspecified atom stereocenters. The fourth-order valence-electron chi connectivity index (χ4n) is 2.21. The van der Waals surface area contributed by atoms with Gasteiger partial charge in [-0.05, 0) is 25.3 Å². The molecule has 3 aromatic rings. The Hall–Kier alpha value is -2.41. The van der Waals surface area contributed by atoms with Crippen molar-refractivity contribution in [2.45, 2.75) is 20.4 Å². The zero-order valence-corrected chi connectivity index (χ0v) is 13.1. The van der Waals surface area contributed by atoms with Crippen molar-refractivity contribution in [2.24, 2.45) is 0 Å². The smallest absolute Gasteiger partial charge is 0.342 e. The number of carbonyl (C=O) groups excluding carboxylic acids is 1. The van der Waals surface area contributed by atoms with Crippen molar-refractivity contribution in [3.63, 3.8) is 0 Å². The number of aryl methyl sites for hydroxylation is 1. The van der Waals surface area contributed by atoms with Crippen LogP contribution in [0.25, 0.3) is 11.1 Å². The average Bonchev–Trinajstić information content (AvgIpc) is 3.11. The Balaban J connectivity index is 2.00. The van der Waals surface area contributed by atoms with E-state index in [-0.39, 0.29) is 0 Å². The van der Waals surface area contributed by atoms with E-state index in [2.05, 4.69) is 15.3 Å². The summed E-state index contributed by atoms with van der Waals surface area (Å²) in [7, 11) is 0. The van der Waals surface area contributed by atoms with Crippen molar-refractivity contribution in [1.29, 1.82) is 0 Å². The summed E-state index contributed by atoms with van der Waals surface area (Å²) in [5, 5.41) is 5.81. The monoisotopic (exact) mass is 317 g/mol. The predicted octanol–water partition coefficient (Wildman–Crippen LogP) is 3.38. The van der Waals surface area contributed by atoms with Gasteiger partial charge in [-0.3, -0.25) is 0 Å². The fourth-order valence-corrected chi connectivity index (χ4v) is 2.86. The number of hydrogen-bond donors (Lipinski definition) is 1. The van der Waals surface area contributed by atoms with Gasteiger partial charge in [0.2, 0.25) is 5.71 Å². The summed E-state index contributed by atoms with van der Waals surface area (Å²) in [5.74, 6) is 0.624. The fraction of sp³-hybridized carbons (Fsp3) is 0.267. The lowest BCUT2D eigenvalue weighted by Crippen LogP contribution is -2.07. The van der Waals surface area contributed by atoms with Crippen LogP contribution >= 0.6 is 11.3 Å². The van der Waals surface area contributed by atoms with Crippen LogP contribution in [-0.2, 0) is 11.3 Å². The first-order valence-electron chi connectivity index (χ1n) is 6.88. The van der Waals surface area contributed by atoms with E-state index in [0.29, 0.717) is 41.4 Å². The van der Waals surface area contributed by atoms with Gasteiger partial charge >= 0.3 is 5.97 Å². The SMILES string of the molecule is CCOC(=O)c1c(C)oc2ncnc(NCc3cccs3)c12. The van der Waals surface area contributed by atoms with Gasteiger partial charge in [-0.2, -0.15) is 0 Å². The number of rotatable bonds is 5. The molecule has 7 heteroatoms. The lowest BCUT2D eigenvalue weighted by atomic mass is 10.2. The maximum atomic E-state index is 12.2. The summed E-state index contributed by atoms with van der Waals surface area (Å²) in [5.41, 5.74) is 0.760. The van der Waals surface area contributed by atoms with Crippen molar-refractivity contribution in [3.8, 4) is 0 Å². The number of nitrogens with zero attached hydrogens (tertiary/aromatic N) is 2. The van der Waals surface area contributed by atoms with Gasteiger partial charge in [0.1, 0.15) is 23.5 Å². The standard InChI is InChI=1S/C15H15N3O3S/c1-3-20-15(19)11-9(2)21-14-12(11)13(17-8-18-14)16-7-10-5-4-6-22-10/h4-6,8H,3,7H2,1-2H3,(H,16,17,18). The van der Waals surface area contributed by atoms with E-state index in [1.54, 1.807) is 25.2 Å². The van der Waals surface area contributed by atoms with E-state index < -0.39 is 5.97 Å². The van der Waals surface area contributed by atoms with Crippen LogP contribution in [0.3, 0.4) is 0 Å². The molecule has 0 aliphatic rings. The van der Waals surface area contributed by atoms with Crippen molar-refractivity contribution < 1.29 is 13.9 Å². The molecular weight excluding hydrogens is 302 g/mol. The maximum absolute atomic E-state index is 12.2. The van der Waals surface area contributed by atoms with Gasteiger partial charge in [0.05, 0.1) is 18.5 Å². The highest BCUT2D eigenvalue weighted by molar-refractivity contribution is 7.09. The summed E-state index contributed by atoms with van der Waals surface area (Å²) >= 11 is 1.65. The molecule has 0 amide bonds. The molecule has 1 N–H and O–H groups in total. The molecule has 0 bridgehead atoms. The van der Waals surface area contributed by atoms with Crippen LogP contribution in [-0.4, -0.2) is 22.5 Å². The van der Waals surface area contributed by atoms with Gasteiger partial charge in [0, 0.05) is 4.88 Å². The summed E-state index contributed by atoms with van der Waals surface area (Å²) in [4.78, 5) is 21.7. The van der Waals surface area contributed by atoms with E-state index in [1.807, 2.05) is 17.5 Å². The van der Waals surface area contributed by atoms with Crippen LogP contribution in [0.4, 0.5) is 5.82 Å². The Morgan fingerprint density at radius 2 is 2.32 bits per heavy atom. The Morgan fingerprint density at radius 3 is 3.05 bits per heavy atom. The van der Waals surface area contributed by atoms with Crippen LogP contribution in [0.5, 0.6) is 0 Å². The number of aromatic nitrogens is 2. The molecule has 0 aliphatic carbocycles. The number of furan rings is 1. The average molecular weight is 317 g/mol. The minimum atomic E-state index is -0.423. The Labute approximate surface area is 131 Å². The van der Waals surface area contributed by atoms with Gasteiger partial charge in [-0.1, -0.05) is 6.07 Å². The van der Waals surface area contributed by atoms with Crippen LogP contribution in [0.2, 0.25) is 0 Å². The molecule has 0 fully saturated rings. The van der Waals surface area contributed by atoms with Crippen molar-refractivity contribution in [2.75, 3.05) is 11.9 Å². The van der Waals surface area contributed by atoms with Gasteiger partial charge in [0.25, 0.3) is 0 Å². The summed E-state index contributed by atoms with van der Waals surface area (Å²) in [6, 6.07) is 4.02. The molecule has 0 atom stereocenters. The van der Waals surface area contributed by atoms with E-state index >= 15 is 0 Å². The van der Waals surface area contributed by atoms with Crippen LogP contribution in [0, 0.1) is 6.92 Å². The molecule has 114 valence electrons. The molecule has 0 radical (unpaired) electrons. The normalized spacial score (nSPS) is 10.8. The number of carbonyl (C=O) groups is 1. The number of hydrogen-bond acceptors (Lipinski definition) is 7. The Kier molecular flexibility index (Phi) is 4.06. The first-order chi connectivity index (χ1) is 10.7. The topological polar surface area (TPSA) is 77.2 Å². The summed E-state index contributed by atoms with van der Waals surface area (Å²) < 4.78 is 10.7. The number of esters is 1. The lowest BCUT2D eigenvalue weighted by molar-refractivity contribution is 0.0526. The number of nitrogens with one attached hydrogen (secondary N) is 1. The maximum Gasteiger partial charge on any atom is 0.342 e. The van der Waals surface area contributed by atoms with Crippen molar-refractivity contribution in [1.82, 2.24) is 9.97 Å². The highest BCUT2D eigenvalue weighted by Crippen LogP contribution is 2.30.